The summed E-state index contributed by atoms with van der Waals surface area (Å²) in [6.07, 6.45) is -6.58. The first-order valence-corrected chi connectivity index (χ1v) is 7.34. The van der Waals surface area contributed by atoms with E-state index in [1.54, 1.807) is 25.1 Å². The predicted octanol–water partition coefficient (Wildman–Crippen LogP) is 3.44. The van der Waals surface area contributed by atoms with Crippen molar-refractivity contribution in [3.63, 3.8) is 0 Å². The van der Waals surface area contributed by atoms with Gasteiger partial charge in [0.05, 0.1) is 30.3 Å². The molecule has 0 aliphatic carbocycles. The number of carbonyl (C=O) groups excluding carboxylic acids is 1. The van der Waals surface area contributed by atoms with Gasteiger partial charge in [-0.3, -0.25) is 0 Å². The van der Waals surface area contributed by atoms with Crippen LogP contribution in [0.3, 0.4) is 0 Å². The molecule has 1 unspecified atom stereocenters. The molecule has 8 heteroatoms. The van der Waals surface area contributed by atoms with Crippen LogP contribution in [0, 0.1) is 18.3 Å². The minimum atomic E-state index is -4.55. The molecule has 2 amide bonds. The zero-order valence-corrected chi connectivity index (χ0v) is 13.6. The van der Waals surface area contributed by atoms with Crippen LogP contribution < -0.4 is 5.32 Å². The van der Waals surface area contributed by atoms with E-state index in [2.05, 4.69) is 5.32 Å². The molecule has 2 rings (SSSR count). The third-order valence-electron chi connectivity index (χ3n) is 3.77. The van der Waals surface area contributed by atoms with Gasteiger partial charge in [0, 0.05) is 5.69 Å². The van der Waals surface area contributed by atoms with Crippen molar-refractivity contribution in [1.82, 2.24) is 4.90 Å². The third-order valence-corrected chi connectivity index (χ3v) is 3.77. The Balaban J connectivity index is 2.19. The van der Waals surface area contributed by atoms with Gasteiger partial charge in [0.2, 0.25) is 0 Å². The van der Waals surface area contributed by atoms with Crippen molar-refractivity contribution in [2.75, 3.05) is 18.4 Å². The fraction of sp³-hybridized carbons (Fsp3) is 0.500. The topological polar surface area (TPSA) is 65.4 Å². The van der Waals surface area contributed by atoms with Crippen LogP contribution in [0.2, 0.25) is 0 Å². The molecule has 1 heterocycles. The smallest absolute Gasteiger partial charge is 0.359 e. The van der Waals surface area contributed by atoms with Crippen molar-refractivity contribution < 1.29 is 22.7 Å². The zero-order chi connectivity index (χ0) is 18.1. The maximum atomic E-state index is 13.0. The van der Waals surface area contributed by atoms with Crippen LogP contribution in [0.1, 0.15) is 25.0 Å². The van der Waals surface area contributed by atoms with Gasteiger partial charge in [0.15, 0.2) is 6.10 Å². The van der Waals surface area contributed by atoms with Crippen LogP contribution in [-0.2, 0) is 4.74 Å². The van der Waals surface area contributed by atoms with Crippen molar-refractivity contribution in [3.05, 3.63) is 29.3 Å². The molecular formula is C16H18F3N3O2. The van der Waals surface area contributed by atoms with Gasteiger partial charge in [-0.25, -0.2) is 4.79 Å². The highest BCUT2D eigenvalue weighted by atomic mass is 19.4. The highest BCUT2D eigenvalue weighted by Crippen LogP contribution is 2.32. The number of carbonyl (C=O) groups is 1. The van der Waals surface area contributed by atoms with Crippen LogP contribution in [0.15, 0.2) is 18.2 Å². The van der Waals surface area contributed by atoms with Crippen molar-refractivity contribution >= 4 is 11.7 Å². The largest absolute Gasteiger partial charge is 0.416 e. The standard InChI is InChI=1S/C16H18F3N3O2/c1-10-11(7-20)5-4-6-12(10)21-14(23)22-8-13(16(17,18)19)24-15(2,3)9-22/h4-6,13H,8-9H2,1-3H3,(H,21,23). The van der Waals surface area contributed by atoms with E-state index < -0.39 is 30.5 Å². The molecule has 0 saturated carbocycles. The molecule has 5 nitrogen and oxygen atoms in total. The molecule has 1 aromatic rings. The summed E-state index contributed by atoms with van der Waals surface area (Å²) in [7, 11) is 0. The molecule has 0 aromatic heterocycles. The maximum Gasteiger partial charge on any atom is 0.416 e. The van der Waals surface area contributed by atoms with Gasteiger partial charge in [0.1, 0.15) is 0 Å². The Bertz CT molecular complexity index is 680. The Morgan fingerprint density at radius 2 is 2.12 bits per heavy atom. The number of nitriles is 1. The number of anilines is 1. The summed E-state index contributed by atoms with van der Waals surface area (Å²) in [4.78, 5) is 13.5. The minimum Gasteiger partial charge on any atom is -0.359 e. The van der Waals surface area contributed by atoms with Crippen molar-refractivity contribution in [3.8, 4) is 6.07 Å². The molecule has 1 fully saturated rings. The quantitative estimate of drug-likeness (QED) is 0.851. The van der Waals surface area contributed by atoms with Crippen LogP contribution in [-0.4, -0.2) is 41.9 Å². The average molecular weight is 341 g/mol. The second-order valence-corrected chi connectivity index (χ2v) is 6.31. The number of morpholine rings is 1. The molecule has 0 spiro atoms. The van der Waals surface area contributed by atoms with Crippen LogP contribution in [0.4, 0.5) is 23.7 Å². The first-order chi connectivity index (χ1) is 11.0. The third kappa shape index (κ3) is 3.97. The number of hydrogen-bond acceptors (Lipinski definition) is 3. The summed E-state index contributed by atoms with van der Waals surface area (Å²) < 4.78 is 44.0. The first-order valence-electron chi connectivity index (χ1n) is 7.34. The van der Waals surface area contributed by atoms with Gasteiger partial charge < -0.3 is 15.0 Å². The van der Waals surface area contributed by atoms with Crippen LogP contribution >= 0.6 is 0 Å². The summed E-state index contributed by atoms with van der Waals surface area (Å²) in [6, 6.07) is 6.14. The van der Waals surface area contributed by atoms with Gasteiger partial charge in [-0.1, -0.05) is 6.07 Å². The van der Waals surface area contributed by atoms with Crippen LogP contribution in [0.25, 0.3) is 0 Å². The lowest BCUT2D eigenvalue weighted by atomic mass is 10.1. The van der Waals surface area contributed by atoms with Crippen molar-refractivity contribution in [1.29, 1.82) is 5.26 Å². The highest BCUT2D eigenvalue weighted by molar-refractivity contribution is 5.90. The SMILES string of the molecule is Cc1c(C#N)cccc1NC(=O)N1CC(C(F)(F)F)OC(C)(C)C1. The molecular weight excluding hydrogens is 323 g/mol. The Morgan fingerprint density at radius 1 is 1.46 bits per heavy atom. The molecule has 0 bridgehead atoms. The number of alkyl halides is 3. The van der Waals surface area contributed by atoms with E-state index in [1.165, 1.54) is 13.8 Å². The molecule has 1 atom stereocenters. The van der Waals surface area contributed by atoms with Crippen molar-refractivity contribution in [2.45, 2.75) is 38.7 Å². The van der Waals surface area contributed by atoms with Gasteiger partial charge in [-0.15, -0.1) is 0 Å². The molecule has 130 valence electrons. The van der Waals surface area contributed by atoms with Crippen molar-refractivity contribution in [2.24, 2.45) is 0 Å². The molecule has 1 N–H and O–H groups in total. The molecule has 24 heavy (non-hydrogen) atoms. The number of nitrogens with zero attached hydrogens (tertiary/aromatic N) is 2. The summed E-state index contributed by atoms with van der Waals surface area (Å²) in [5.41, 5.74) is 0.239. The lowest BCUT2D eigenvalue weighted by molar-refractivity contribution is -0.267. The number of ether oxygens (including phenoxy) is 1. The van der Waals surface area contributed by atoms with E-state index in [0.29, 0.717) is 16.8 Å². The zero-order valence-electron chi connectivity index (χ0n) is 13.6. The number of hydrogen-bond donors (Lipinski definition) is 1. The Kier molecular flexibility index (Phi) is 4.76. The second kappa shape index (κ2) is 6.32. The first kappa shape index (κ1) is 18.1. The van der Waals surface area contributed by atoms with Gasteiger partial charge in [-0.05, 0) is 38.5 Å². The van der Waals surface area contributed by atoms with E-state index in [-0.39, 0.29) is 6.54 Å². The fourth-order valence-corrected chi connectivity index (χ4v) is 2.60. The molecule has 1 saturated heterocycles. The minimum absolute atomic E-state index is 0.0302. The maximum absolute atomic E-state index is 13.0. The lowest BCUT2D eigenvalue weighted by Crippen LogP contribution is -2.59. The van der Waals surface area contributed by atoms with Gasteiger partial charge in [0.25, 0.3) is 0 Å². The number of halogens is 3. The Labute approximate surface area is 138 Å². The van der Waals surface area contributed by atoms with E-state index in [9.17, 15) is 18.0 Å². The van der Waals surface area contributed by atoms with E-state index >= 15 is 0 Å². The molecule has 1 aliphatic rings. The predicted molar refractivity (Wildman–Crippen MR) is 81.5 cm³/mol. The Hall–Kier alpha value is -2.27. The monoisotopic (exact) mass is 341 g/mol. The van der Waals surface area contributed by atoms with Crippen LogP contribution in [0.5, 0.6) is 0 Å². The molecule has 1 aromatic carbocycles. The normalized spacial score (nSPS) is 20.4. The summed E-state index contributed by atoms with van der Waals surface area (Å²) in [6.45, 7) is 4.13. The highest BCUT2D eigenvalue weighted by Gasteiger charge is 2.49. The molecule has 1 aliphatic heterocycles. The summed E-state index contributed by atoms with van der Waals surface area (Å²) >= 11 is 0. The van der Waals surface area contributed by atoms with E-state index in [4.69, 9.17) is 10.00 Å². The number of nitrogens with one attached hydrogen (secondary N) is 1. The fourth-order valence-electron chi connectivity index (χ4n) is 2.60. The lowest BCUT2D eigenvalue weighted by Gasteiger charge is -2.43. The Morgan fingerprint density at radius 3 is 2.71 bits per heavy atom. The van der Waals surface area contributed by atoms with E-state index in [1.807, 2.05) is 6.07 Å². The number of benzene rings is 1. The number of urea groups is 1. The number of rotatable bonds is 1. The summed E-state index contributed by atoms with van der Waals surface area (Å²) in [5, 5.41) is 11.6. The van der Waals surface area contributed by atoms with Gasteiger partial charge in [-0.2, -0.15) is 18.4 Å². The molecule has 0 radical (unpaired) electrons. The van der Waals surface area contributed by atoms with Gasteiger partial charge >= 0.3 is 12.2 Å². The number of amides is 2. The average Bonchev–Trinajstić information content (AvgIpc) is 2.46. The van der Waals surface area contributed by atoms with E-state index in [0.717, 1.165) is 4.90 Å². The second-order valence-electron chi connectivity index (χ2n) is 6.31. The summed E-state index contributed by atoms with van der Waals surface area (Å²) in [5.74, 6) is 0.